The van der Waals surface area contributed by atoms with Crippen molar-refractivity contribution in [2.45, 2.75) is 174 Å². The molecule has 378 valence electrons. The number of likely N-dealkylation sites (N-methyl/N-ethyl adjacent to an activating group) is 1. The van der Waals surface area contributed by atoms with Crippen LogP contribution >= 0.6 is 0 Å². The van der Waals surface area contributed by atoms with E-state index in [1.807, 2.05) is 65.7 Å². The molecule has 3 heterocycles. The smallest absolute Gasteiger partial charge is 0.405 e. The summed E-state index contributed by atoms with van der Waals surface area (Å²) < 4.78 is 57.8. The van der Waals surface area contributed by atoms with Gasteiger partial charge in [0.05, 0.1) is 47.5 Å². The first-order valence-electron chi connectivity index (χ1n) is 24.1. The maximum Gasteiger partial charge on any atom is 0.405 e. The summed E-state index contributed by atoms with van der Waals surface area (Å²) >= 11 is 0. The number of amides is 1. The van der Waals surface area contributed by atoms with E-state index in [-0.39, 0.29) is 37.2 Å². The van der Waals surface area contributed by atoms with Gasteiger partial charge in [-0.3, -0.25) is 9.59 Å². The molecule has 2 aromatic carbocycles. The molecule has 1 amide bonds. The molecule has 68 heavy (non-hydrogen) atoms. The third-order valence-corrected chi connectivity index (χ3v) is 14.3. The van der Waals surface area contributed by atoms with E-state index < -0.39 is 114 Å². The monoisotopic (exact) mass is 953 g/mol. The number of nitrogens with zero attached hydrogens (tertiary/aromatic N) is 1. The summed E-state index contributed by atoms with van der Waals surface area (Å²) in [6, 6.07) is 17.0. The molecule has 0 aliphatic carbocycles. The van der Waals surface area contributed by atoms with Crippen LogP contribution in [0.2, 0.25) is 0 Å². The molecule has 0 saturated carbocycles. The van der Waals surface area contributed by atoms with E-state index in [1.54, 1.807) is 83.1 Å². The predicted octanol–water partition coefficient (Wildman–Crippen LogP) is 7.53. The van der Waals surface area contributed by atoms with Crippen molar-refractivity contribution in [3.05, 3.63) is 71.8 Å². The average Bonchev–Trinajstić information content (AvgIpc) is 3.29. The third kappa shape index (κ3) is 13.0. The molecule has 2 aromatic rings. The number of hydrogen-bond acceptors (Lipinski definition) is 15. The summed E-state index contributed by atoms with van der Waals surface area (Å²) in [5.41, 5.74) is 3.79. The predicted molar refractivity (Wildman–Crippen MR) is 251 cm³/mol. The molecule has 17 atom stereocenters. The lowest BCUT2D eigenvalue weighted by Crippen LogP contribution is -2.60. The highest BCUT2D eigenvalue weighted by Crippen LogP contribution is 2.41. The molecule has 5 rings (SSSR count). The number of benzene rings is 2. The number of ketones is 1. The summed E-state index contributed by atoms with van der Waals surface area (Å²) in [6.45, 7) is 18.2. The number of carbonyl (C=O) groups is 5. The van der Waals surface area contributed by atoms with Crippen molar-refractivity contribution in [3.63, 3.8) is 0 Å². The Bertz CT molecular complexity index is 2000. The van der Waals surface area contributed by atoms with Crippen molar-refractivity contribution in [3.8, 4) is 0 Å². The van der Waals surface area contributed by atoms with Gasteiger partial charge >= 0.3 is 24.0 Å². The van der Waals surface area contributed by atoms with Crippen molar-refractivity contribution in [1.82, 2.24) is 4.90 Å². The van der Waals surface area contributed by atoms with Crippen LogP contribution in [0.5, 0.6) is 0 Å². The van der Waals surface area contributed by atoms with Crippen LogP contribution in [0, 0.1) is 29.6 Å². The first-order valence-corrected chi connectivity index (χ1v) is 24.1. The topological polar surface area (TPSA) is 198 Å². The quantitative estimate of drug-likeness (QED) is 0.162. The number of nitrogens with two attached hydrogens (primary N) is 1. The Balaban J connectivity index is 1.58. The second-order valence-electron chi connectivity index (χ2n) is 20.0. The molecular formula is C52H76N2O14. The molecule has 3 aliphatic heterocycles. The van der Waals surface area contributed by atoms with Crippen molar-refractivity contribution >= 4 is 29.8 Å². The van der Waals surface area contributed by atoms with Crippen LogP contribution < -0.4 is 5.73 Å². The van der Waals surface area contributed by atoms with Crippen LogP contribution in [0.1, 0.15) is 122 Å². The molecule has 0 spiro atoms. The molecule has 0 aromatic heterocycles. The normalized spacial score (nSPS) is 37.6. The Morgan fingerprint density at radius 1 is 0.750 bits per heavy atom. The minimum Gasteiger partial charge on any atom is -0.458 e. The van der Waals surface area contributed by atoms with E-state index in [0.717, 1.165) is 0 Å². The number of methoxy groups -OCH3 is 1. The molecule has 0 bridgehead atoms. The standard InChI is InChI=1S/C52H76N2O14/c1-14-39-51(9,68-50(53)59)27-31(4)41(55)29(2)25-30(3)42(66-49-44(38(54(11)12)26-32(5)61-49)65-47(57)36-21-17-15-18-22-36)33(6)43(34(7)46(56)63-39)64-40-28-52(10,60-13)45(35(8)62-40)67-48(58)37-23-19-16-20-24-37/h15-24,29-35,38-40,42-45,49H,14,25-28H2,1-13H3,(H2,53,59)/t29-,30-,31+,32+,33+,34+,35-,38-,39+,40-,42-,43-,44+,45-,49?,51-,52+/m0/s1. The minimum absolute atomic E-state index is 0.0392. The van der Waals surface area contributed by atoms with Gasteiger partial charge in [-0.2, -0.15) is 0 Å². The lowest BCUT2D eigenvalue weighted by molar-refractivity contribution is -0.308. The van der Waals surface area contributed by atoms with Gasteiger partial charge in [0.2, 0.25) is 0 Å². The van der Waals surface area contributed by atoms with Crippen LogP contribution in [-0.4, -0.2) is 128 Å². The van der Waals surface area contributed by atoms with Gasteiger partial charge in [-0.25, -0.2) is 14.4 Å². The van der Waals surface area contributed by atoms with Crippen LogP contribution in [0.4, 0.5) is 4.79 Å². The molecule has 3 fully saturated rings. The van der Waals surface area contributed by atoms with Crippen LogP contribution in [-0.2, 0) is 52.2 Å². The first kappa shape index (κ1) is 54.5. The Morgan fingerprint density at radius 3 is 1.88 bits per heavy atom. The van der Waals surface area contributed by atoms with E-state index in [1.165, 1.54) is 7.11 Å². The maximum atomic E-state index is 14.7. The zero-order valence-electron chi connectivity index (χ0n) is 42.2. The second-order valence-corrected chi connectivity index (χ2v) is 20.0. The number of hydrogen-bond donors (Lipinski definition) is 1. The summed E-state index contributed by atoms with van der Waals surface area (Å²) in [4.78, 5) is 70.6. The highest BCUT2D eigenvalue weighted by atomic mass is 16.7. The van der Waals surface area contributed by atoms with E-state index in [9.17, 15) is 24.0 Å². The molecule has 3 saturated heterocycles. The van der Waals surface area contributed by atoms with Crippen LogP contribution in [0.25, 0.3) is 0 Å². The Kier molecular flexibility index (Phi) is 18.8. The fourth-order valence-electron chi connectivity index (χ4n) is 10.6. The Labute approximate surface area is 402 Å². The zero-order chi connectivity index (χ0) is 50.2. The fraction of sp³-hybridized carbons (Fsp3) is 0.673. The van der Waals surface area contributed by atoms with Gasteiger partial charge in [0, 0.05) is 37.7 Å². The highest BCUT2D eigenvalue weighted by molar-refractivity contribution is 5.90. The summed E-state index contributed by atoms with van der Waals surface area (Å²) in [7, 11) is 5.36. The van der Waals surface area contributed by atoms with Gasteiger partial charge in [0.15, 0.2) is 24.8 Å². The van der Waals surface area contributed by atoms with E-state index >= 15 is 0 Å². The van der Waals surface area contributed by atoms with Gasteiger partial charge in [-0.15, -0.1) is 0 Å². The minimum atomic E-state index is -1.45. The SMILES string of the molecule is CC[C@H]1OC(=O)[C@H](C)[C@@H](O[C@H]2C[C@@](C)(OC)[C@@H](OC(=O)c3ccccc3)[C@H](C)O2)[C@H](C)[C@@H](OC2O[C@H](C)C[C@H](N(C)C)[C@H]2OC(=O)c2ccccc2)[C@@H](C)C[C@H](C)C(=O)[C@H](C)C[C@]1(C)OC(N)=O. The molecule has 1 unspecified atom stereocenters. The number of ether oxygens (including phenoxy) is 9. The lowest BCUT2D eigenvalue weighted by Gasteiger charge is -2.48. The van der Waals surface area contributed by atoms with E-state index in [0.29, 0.717) is 24.0 Å². The summed E-state index contributed by atoms with van der Waals surface area (Å²) in [5.74, 6) is -5.04. The van der Waals surface area contributed by atoms with Crippen molar-refractivity contribution in [2.75, 3.05) is 21.2 Å². The number of primary amides is 1. The second kappa shape index (κ2) is 23.4. The highest BCUT2D eigenvalue weighted by Gasteiger charge is 2.53. The number of esters is 3. The molecule has 3 aliphatic rings. The fourth-order valence-corrected chi connectivity index (χ4v) is 10.6. The van der Waals surface area contributed by atoms with Crippen molar-refractivity contribution in [1.29, 1.82) is 0 Å². The van der Waals surface area contributed by atoms with Gasteiger partial charge in [-0.05, 0) is 98.2 Å². The number of rotatable bonds is 12. The van der Waals surface area contributed by atoms with Gasteiger partial charge < -0.3 is 53.3 Å². The van der Waals surface area contributed by atoms with Crippen molar-refractivity contribution in [2.24, 2.45) is 35.3 Å². The molecule has 16 nitrogen and oxygen atoms in total. The molecule has 16 heteroatoms. The third-order valence-electron chi connectivity index (χ3n) is 14.3. The average molecular weight is 953 g/mol. The molecule has 2 N–H and O–H groups in total. The van der Waals surface area contributed by atoms with Crippen LogP contribution in [0.15, 0.2) is 60.7 Å². The lowest BCUT2D eigenvalue weighted by atomic mass is 9.76. The number of carbonyl (C=O) groups excluding carboxylic acids is 5. The largest absolute Gasteiger partial charge is 0.458 e. The first-order chi connectivity index (χ1) is 32.0. The van der Waals surface area contributed by atoms with Crippen molar-refractivity contribution < 1.29 is 66.6 Å². The van der Waals surface area contributed by atoms with E-state index in [2.05, 4.69) is 0 Å². The van der Waals surface area contributed by atoms with Gasteiger partial charge in [-0.1, -0.05) is 71.0 Å². The molecular weight excluding hydrogens is 877 g/mol. The zero-order valence-corrected chi connectivity index (χ0v) is 42.2. The van der Waals surface area contributed by atoms with Crippen LogP contribution in [0.3, 0.4) is 0 Å². The summed E-state index contributed by atoms with van der Waals surface area (Å²) in [6.07, 6.45) is -7.49. The number of Topliss-reactive ketones (excluding diaryl/α,β-unsaturated/α-hetero) is 1. The molecule has 0 radical (unpaired) electrons. The van der Waals surface area contributed by atoms with E-state index in [4.69, 9.17) is 48.4 Å². The van der Waals surface area contributed by atoms with Gasteiger partial charge in [0.25, 0.3) is 0 Å². The Morgan fingerprint density at radius 2 is 1.34 bits per heavy atom. The van der Waals surface area contributed by atoms with Gasteiger partial charge in [0.1, 0.15) is 23.1 Å². The maximum absolute atomic E-state index is 14.7. The number of cyclic esters (lactones) is 1. The Hall–Kier alpha value is -4.45. The summed E-state index contributed by atoms with van der Waals surface area (Å²) in [5, 5.41) is 0.